The molecule has 186 valence electrons. The molecule has 1 saturated heterocycles. The summed E-state index contributed by atoms with van der Waals surface area (Å²) in [5.74, 6) is -0.724. The highest BCUT2D eigenvalue weighted by Crippen LogP contribution is 2.40. The molecule has 0 saturated carbocycles. The largest absolute Gasteiger partial charge is 0.507 e. The van der Waals surface area contributed by atoms with Crippen molar-refractivity contribution in [3.8, 4) is 5.75 Å². The molecule has 0 aromatic heterocycles. The molecule has 3 aromatic rings. The van der Waals surface area contributed by atoms with Gasteiger partial charge in [-0.15, -0.1) is 0 Å². The lowest BCUT2D eigenvalue weighted by molar-refractivity contribution is -0.140. The number of aliphatic hydroxyl groups excluding tert-OH is 1. The third kappa shape index (κ3) is 5.34. The van der Waals surface area contributed by atoms with E-state index in [0.717, 1.165) is 22.3 Å². The lowest BCUT2D eigenvalue weighted by atomic mass is 9.93. The summed E-state index contributed by atoms with van der Waals surface area (Å²) < 4.78 is 5.91. The molecular formula is C30H32N2O4. The van der Waals surface area contributed by atoms with Gasteiger partial charge < -0.3 is 19.6 Å². The van der Waals surface area contributed by atoms with Gasteiger partial charge in [0, 0.05) is 18.7 Å². The predicted octanol–water partition coefficient (Wildman–Crippen LogP) is 4.87. The van der Waals surface area contributed by atoms with Gasteiger partial charge in [0.05, 0.1) is 11.6 Å². The number of nitrogens with zero attached hydrogens (tertiary/aromatic N) is 2. The highest BCUT2D eigenvalue weighted by atomic mass is 16.5. The maximum atomic E-state index is 13.2. The molecule has 4 rings (SSSR count). The Balaban J connectivity index is 1.71. The molecule has 1 amide bonds. The zero-order valence-electron chi connectivity index (χ0n) is 21.2. The number of benzene rings is 3. The number of aryl methyl sites for hydroxylation is 2. The second-order valence-corrected chi connectivity index (χ2v) is 9.46. The molecule has 1 unspecified atom stereocenters. The number of likely N-dealkylation sites (N-methyl/N-ethyl adjacent to an activating group) is 1. The Bertz CT molecular complexity index is 1280. The summed E-state index contributed by atoms with van der Waals surface area (Å²) in [7, 11) is 3.83. The summed E-state index contributed by atoms with van der Waals surface area (Å²) in [6.45, 7) is 5.19. The standard InChI is InChI=1S/C30H32N2O4/c1-20-10-11-21(2)25(18-20)28(33)26-27(32(17-16-31(3)4)30(35)29(26)34)23-12-14-24(15-13-23)36-19-22-8-6-5-7-9-22/h5-15,18,27,33H,16-17,19H2,1-4H3. The second-order valence-electron chi connectivity index (χ2n) is 9.46. The Morgan fingerprint density at radius 3 is 2.33 bits per heavy atom. The van der Waals surface area contributed by atoms with Gasteiger partial charge in [0.25, 0.3) is 11.7 Å². The Morgan fingerprint density at radius 2 is 1.67 bits per heavy atom. The van der Waals surface area contributed by atoms with E-state index in [1.807, 2.05) is 106 Å². The molecular weight excluding hydrogens is 452 g/mol. The molecule has 1 fully saturated rings. The topological polar surface area (TPSA) is 70.1 Å². The van der Waals surface area contributed by atoms with Crippen LogP contribution < -0.4 is 4.74 Å². The van der Waals surface area contributed by atoms with Crippen LogP contribution in [-0.2, 0) is 16.2 Å². The minimum atomic E-state index is -0.687. The van der Waals surface area contributed by atoms with Crippen LogP contribution in [0.15, 0.2) is 78.4 Å². The first-order valence-corrected chi connectivity index (χ1v) is 12.0. The van der Waals surface area contributed by atoms with Crippen LogP contribution in [0.2, 0.25) is 0 Å². The van der Waals surface area contributed by atoms with E-state index in [1.54, 1.807) is 4.90 Å². The molecule has 1 heterocycles. The highest BCUT2D eigenvalue weighted by molar-refractivity contribution is 6.46. The van der Waals surface area contributed by atoms with E-state index in [4.69, 9.17) is 4.74 Å². The van der Waals surface area contributed by atoms with E-state index >= 15 is 0 Å². The fourth-order valence-electron chi connectivity index (χ4n) is 4.39. The van der Waals surface area contributed by atoms with Crippen LogP contribution in [0.1, 0.15) is 33.9 Å². The van der Waals surface area contributed by atoms with E-state index in [1.165, 1.54) is 0 Å². The molecule has 3 aromatic carbocycles. The number of hydrogen-bond acceptors (Lipinski definition) is 5. The molecule has 0 radical (unpaired) electrons. The van der Waals surface area contributed by atoms with E-state index in [-0.39, 0.29) is 11.3 Å². The number of aliphatic hydroxyl groups is 1. The number of ketones is 1. The summed E-state index contributed by atoms with van der Waals surface area (Å²) in [5.41, 5.74) is 4.28. The number of ether oxygens (including phenoxy) is 1. The average Bonchev–Trinajstić information content (AvgIpc) is 3.13. The van der Waals surface area contributed by atoms with Gasteiger partial charge in [0.15, 0.2) is 0 Å². The Labute approximate surface area is 212 Å². The lowest BCUT2D eigenvalue weighted by Gasteiger charge is -2.27. The van der Waals surface area contributed by atoms with E-state index < -0.39 is 17.7 Å². The van der Waals surface area contributed by atoms with Crippen molar-refractivity contribution in [1.82, 2.24) is 9.80 Å². The molecule has 0 spiro atoms. The molecule has 1 aliphatic heterocycles. The number of likely N-dealkylation sites (tertiary alicyclic amines) is 1. The zero-order valence-corrected chi connectivity index (χ0v) is 21.2. The number of Topliss-reactive ketones (excluding diaryl/α,β-unsaturated/α-hetero) is 1. The van der Waals surface area contributed by atoms with Crippen molar-refractivity contribution < 1.29 is 19.4 Å². The van der Waals surface area contributed by atoms with Crippen molar-refractivity contribution in [2.45, 2.75) is 26.5 Å². The van der Waals surface area contributed by atoms with Crippen LogP contribution in [-0.4, -0.2) is 53.8 Å². The van der Waals surface area contributed by atoms with Gasteiger partial charge in [-0.2, -0.15) is 0 Å². The Morgan fingerprint density at radius 1 is 0.972 bits per heavy atom. The zero-order chi connectivity index (χ0) is 25.8. The third-order valence-corrected chi connectivity index (χ3v) is 6.42. The van der Waals surface area contributed by atoms with Crippen LogP contribution in [0.3, 0.4) is 0 Å². The summed E-state index contributed by atoms with van der Waals surface area (Å²) in [6.07, 6.45) is 0. The number of hydrogen-bond donors (Lipinski definition) is 1. The van der Waals surface area contributed by atoms with E-state index in [0.29, 0.717) is 31.0 Å². The molecule has 0 bridgehead atoms. The molecule has 36 heavy (non-hydrogen) atoms. The summed E-state index contributed by atoms with van der Waals surface area (Å²) in [4.78, 5) is 29.9. The van der Waals surface area contributed by atoms with E-state index in [2.05, 4.69) is 0 Å². The maximum absolute atomic E-state index is 13.2. The first-order chi connectivity index (χ1) is 17.3. The van der Waals surface area contributed by atoms with Crippen LogP contribution >= 0.6 is 0 Å². The Hall–Kier alpha value is -3.90. The minimum absolute atomic E-state index is 0.116. The van der Waals surface area contributed by atoms with Crippen molar-refractivity contribution >= 4 is 17.4 Å². The summed E-state index contributed by atoms with van der Waals surface area (Å²) in [6, 6.07) is 22.3. The van der Waals surface area contributed by atoms with Gasteiger partial charge in [-0.1, -0.05) is 60.2 Å². The van der Waals surface area contributed by atoms with Gasteiger partial charge in [-0.25, -0.2) is 0 Å². The first-order valence-electron chi connectivity index (χ1n) is 12.0. The number of amides is 1. The van der Waals surface area contributed by atoms with Crippen LogP contribution in [0, 0.1) is 13.8 Å². The predicted molar refractivity (Wildman–Crippen MR) is 141 cm³/mol. The average molecular weight is 485 g/mol. The van der Waals surface area contributed by atoms with Crippen LogP contribution in [0.4, 0.5) is 0 Å². The van der Waals surface area contributed by atoms with Crippen molar-refractivity contribution in [3.63, 3.8) is 0 Å². The van der Waals surface area contributed by atoms with Crippen molar-refractivity contribution in [3.05, 3.63) is 106 Å². The van der Waals surface area contributed by atoms with Gasteiger partial charge in [0.1, 0.15) is 18.1 Å². The van der Waals surface area contributed by atoms with Gasteiger partial charge in [-0.05, 0) is 62.8 Å². The molecule has 0 aliphatic carbocycles. The lowest BCUT2D eigenvalue weighted by Crippen LogP contribution is -2.35. The van der Waals surface area contributed by atoms with Gasteiger partial charge >= 0.3 is 0 Å². The number of rotatable bonds is 8. The fraction of sp³-hybridized carbons (Fsp3) is 0.267. The molecule has 6 nitrogen and oxygen atoms in total. The van der Waals surface area contributed by atoms with Gasteiger partial charge in [-0.3, -0.25) is 9.59 Å². The van der Waals surface area contributed by atoms with Crippen molar-refractivity contribution in [2.75, 3.05) is 27.2 Å². The molecule has 1 N–H and O–H groups in total. The molecule has 1 aliphatic rings. The monoisotopic (exact) mass is 484 g/mol. The highest BCUT2D eigenvalue weighted by Gasteiger charge is 2.46. The number of carbonyl (C=O) groups excluding carboxylic acids is 2. The van der Waals surface area contributed by atoms with Crippen LogP contribution in [0.25, 0.3) is 5.76 Å². The van der Waals surface area contributed by atoms with Gasteiger partial charge in [0.2, 0.25) is 0 Å². The molecule has 1 atom stereocenters. The smallest absolute Gasteiger partial charge is 0.295 e. The minimum Gasteiger partial charge on any atom is -0.507 e. The van der Waals surface area contributed by atoms with E-state index in [9.17, 15) is 14.7 Å². The van der Waals surface area contributed by atoms with Crippen molar-refractivity contribution in [2.24, 2.45) is 0 Å². The second kappa shape index (κ2) is 10.8. The first kappa shape index (κ1) is 25.2. The maximum Gasteiger partial charge on any atom is 0.295 e. The fourth-order valence-corrected chi connectivity index (χ4v) is 4.39. The summed E-state index contributed by atoms with van der Waals surface area (Å²) >= 11 is 0. The normalized spacial score (nSPS) is 17.1. The van der Waals surface area contributed by atoms with Crippen LogP contribution in [0.5, 0.6) is 5.75 Å². The SMILES string of the molecule is Cc1ccc(C)c(C(O)=C2C(=O)C(=O)N(CCN(C)C)C2c2ccc(OCc3ccccc3)cc2)c1. The quantitative estimate of drug-likeness (QED) is 0.281. The van der Waals surface area contributed by atoms with Crippen molar-refractivity contribution in [1.29, 1.82) is 0 Å². The molecule has 6 heteroatoms. The summed E-state index contributed by atoms with van der Waals surface area (Å²) in [5, 5.41) is 11.4. The number of carbonyl (C=O) groups is 2. The third-order valence-electron chi connectivity index (χ3n) is 6.42. The Kier molecular flexibility index (Phi) is 7.55.